The van der Waals surface area contributed by atoms with Crippen LogP contribution in [0.2, 0.25) is 0 Å². The van der Waals surface area contributed by atoms with Gasteiger partial charge in [-0.3, -0.25) is 9.89 Å². The Morgan fingerprint density at radius 2 is 2.03 bits per heavy atom. The van der Waals surface area contributed by atoms with Gasteiger partial charge < -0.3 is 9.64 Å². The van der Waals surface area contributed by atoms with Gasteiger partial charge in [0.25, 0.3) is 0 Å². The van der Waals surface area contributed by atoms with Crippen molar-refractivity contribution in [1.29, 1.82) is 0 Å². The fourth-order valence-corrected chi connectivity index (χ4v) is 3.68. The molecule has 1 fully saturated rings. The molecule has 1 unspecified atom stereocenters. The van der Waals surface area contributed by atoms with Gasteiger partial charge in [-0.05, 0) is 42.7 Å². The minimum absolute atomic E-state index is 0.0649. The Bertz CT molecular complexity index is 1050. The Morgan fingerprint density at radius 3 is 2.76 bits per heavy atom. The zero-order valence-electron chi connectivity index (χ0n) is 15.6. The molecule has 2 aromatic carbocycles. The number of carbonyl (C=O) groups is 1. The van der Waals surface area contributed by atoms with E-state index in [4.69, 9.17) is 4.74 Å². The van der Waals surface area contributed by atoms with E-state index in [1.807, 2.05) is 0 Å². The van der Waals surface area contributed by atoms with Crippen LogP contribution in [0.15, 0.2) is 42.7 Å². The van der Waals surface area contributed by atoms with E-state index in [9.17, 15) is 18.0 Å². The number of anilines is 1. The number of aromatic amines is 1. The predicted octanol–water partition coefficient (Wildman–Crippen LogP) is 4.10. The second-order valence-corrected chi connectivity index (χ2v) is 6.93. The molecule has 5 nitrogen and oxygen atoms in total. The van der Waals surface area contributed by atoms with E-state index in [0.29, 0.717) is 29.7 Å². The molecule has 1 amide bonds. The highest BCUT2D eigenvalue weighted by Gasteiger charge is 2.35. The third-order valence-corrected chi connectivity index (χ3v) is 5.13. The molecule has 1 atom stereocenters. The molecule has 8 heteroatoms. The topological polar surface area (TPSA) is 58.2 Å². The molecule has 1 aliphatic rings. The van der Waals surface area contributed by atoms with Crippen LogP contribution in [0, 0.1) is 23.4 Å². The number of methoxy groups -OCH3 is 1. The third-order valence-electron chi connectivity index (χ3n) is 5.13. The van der Waals surface area contributed by atoms with Crippen LogP contribution in [-0.2, 0) is 11.2 Å². The summed E-state index contributed by atoms with van der Waals surface area (Å²) >= 11 is 0. The highest BCUT2D eigenvalue weighted by molar-refractivity contribution is 5.97. The first-order valence-corrected chi connectivity index (χ1v) is 9.10. The maximum absolute atomic E-state index is 14.7. The van der Waals surface area contributed by atoms with E-state index in [1.165, 1.54) is 48.7 Å². The maximum Gasteiger partial charge on any atom is 0.230 e. The molecule has 1 aromatic heterocycles. The van der Waals surface area contributed by atoms with Crippen molar-refractivity contribution in [3.63, 3.8) is 0 Å². The van der Waals surface area contributed by atoms with E-state index >= 15 is 0 Å². The number of nitrogens with zero attached hydrogens (tertiary/aromatic N) is 2. The molecule has 0 saturated carbocycles. The largest absolute Gasteiger partial charge is 0.497 e. The summed E-state index contributed by atoms with van der Waals surface area (Å²) < 4.78 is 48.0. The van der Waals surface area contributed by atoms with Crippen molar-refractivity contribution in [2.24, 2.45) is 5.92 Å². The summed E-state index contributed by atoms with van der Waals surface area (Å²) in [7, 11) is 1.44. The highest BCUT2D eigenvalue weighted by Crippen LogP contribution is 2.34. The number of benzene rings is 2. The SMILES string of the molecule is COc1cc(F)cc(CC2CCN(c3ccc(-c4cn[nH]c4)c(F)c3F)C2=O)c1. The summed E-state index contributed by atoms with van der Waals surface area (Å²) in [5, 5.41) is 6.29. The van der Waals surface area contributed by atoms with Gasteiger partial charge in [0.2, 0.25) is 5.91 Å². The number of hydrogen-bond donors (Lipinski definition) is 1. The zero-order chi connectivity index (χ0) is 20.5. The van der Waals surface area contributed by atoms with E-state index in [0.717, 1.165) is 0 Å². The smallest absolute Gasteiger partial charge is 0.230 e. The van der Waals surface area contributed by atoms with Crippen molar-refractivity contribution < 1.29 is 22.7 Å². The minimum atomic E-state index is -1.08. The molecule has 150 valence electrons. The molecule has 29 heavy (non-hydrogen) atoms. The third kappa shape index (κ3) is 3.57. The summed E-state index contributed by atoms with van der Waals surface area (Å²) in [5.41, 5.74) is 0.997. The number of amides is 1. The van der Waals surface area contributed by atoms with Gasteiger partial charge in [0.15, 0.2) is 11.6 Å². The number of rotatable bonds is 5. The zero-order valence-corrected chi connectivity index (χ0v) is 15.6. The Morgan fingerprint density at radius 1 is 1.21 bits per heavy atom. The van der Waals surface area contributed by atoms with Crippen LogP contribution in [-0.4, -0.2) is 29.8 Å². The molecular formula is C21H18F3N3O2. The summed E-state index contributed by atoms with van der Waals surface area (Å²) in [4.78, 5) is 14.1. The van der Waals surface area contributed by atoms with Gasteiger partial charge >= 0.3 is 0 Å². The van der Waals surface area contributed by atoms with Crippen LogP contribution in [0.5, 0.6) is 5.75 Å². The Labute approximate surface area is 165 Å². The normalized spacial score (nSPS) is 16.5. The molecule has 3 aromatic rings. The van der Waals surface area contributed by atoms with Crippen molar-refractivity contribution >= 4 is 11.6 Å². The van der Waals surface area contributed by atoms with Crippen molar-refractivity contribution in [2.45, 2.75) is 12.8 Å². The predicted molar refractivity (Wildman–Crippen MR) is 101 cm³/mol. The molecule has 2 heterocycles. The van der Waals surface area contributed by atoms with Crippen molar-refractivity contribution in [3.8, 4) is 16.9 Å². The molecule has 4 rings (SSSR count). The average molecular weight is 401 g/mol. The minimum Gasteiger partial charge on any atom is -0.497 e. The van der Waals surface area contributed by atoms with Crippen molar-refractivity contribution in [1.82, 2.24) is 10.2 Å². The molecule has 0 bridgehead atoms. The first kappa shape index (κ1) is 19.0. The van der Waals surface area contributed by atoms with Crippen LogP contribution >= 0.6 is 0 Å². The van der Waals surface area contributed by atoms with Crippen molar-refractivity contribution in [3.05, 3.63) is 65.7 Å². The molecule has 1 aliphatic heterocycles. The van der Waals surface area contributed by atoms with Crippen LogP contribution in [0.25, 0.3) is 11.1 Å². The van der Waals surface area contributed by atoms with Gasteiger partial charge in [-0.15, -0.1) is 0 Å². The number of H-pyrrole nitrogens is 1. The van der Waals surface area contributed by atoms with Gasteiger partial charge in [-0.2, -0.15) is 5.10 Å². The quantitative estimate of drug-likeness (QED) is 0.700. The monoisotopic (exact) mass is 401 g/mol. The van der Waals surface area contributed by atoms with Gasteiger partial charge in [0.05, 0.1) is 19.0 Å². The lowest BCUT2D eigenvalue weighted by molar-refractivity contribution is -0.120. The number of carbonyl (C=O) groups excluding carboxylic acids is 1. The molecule has 1 N–H and O–H groups in total. The van der Waals surface area contributed by atoms with Gasteiger partial charge in [-0.1, -0.05) is 0 Å². The summed E-state index contributed by atoms with van der Waals surface area (Å²) in [5.74, 6) is -2.96. The summed E-state index contributed by atoms with van der Waals surface area (Å²) in [6.07, 6.45) is 3.60. The Hall–Kier alpha value is -3.29. The average Bonchev–Trinajstić information content (AvgIpc) is 3.35. The second kappa shape index (κ2) is 7.62. The van der Waals surface area contributed by atoms with E-state index in [-0.39, 0.29) is 23.7 Å². The Balaban J connectivity index is 1.56. The van der Waals surface area contributed by atoms with Crippen LogP contribution in [0.3, 0.4) is 0 Å². The molecular weight excluding hydrogens is 383 g/mol. The molecule has 0 spiro atoms. The highest BCUT2D eigenvalue weighted by atomic mass is 19.2. The lowest BCUT2D eigenvalue weighted by Crippen LogP contribution is -2.28. The Kier molecular flexibility index (Phi) is 5.00. The fourth-order valence-electron chi connectivity index (χ4n) is 3.68. The van der Waals surface area contributed by atoms with Crippen LogP contribution in [0.4, 0.5) is 18.9 Å². The summed E-state index contributed by atoms with van der Waals surface area (Å²) in [6, 6.07) is 7.09. The number of ether oxygens (including phenoxy) is 1. The lowest BCUT2D eigenvalue weighted by Gasteiger charge is -2.19. The fraction of sp³-hybridized carbons (Fsp3) is 0.238. The number of nitrogens with one attached hydrogen (secondary N) is 1. The van der Waals surface area contributed by atoms with E-state index in [2.05, 4.69) is 10.2 Å². The number of hydrogen-bond acceptors (Lipinski definition) is 3. The van der Waals surface area contributed by atoms with E-state index < -0.39 is 23.4 Å². The molecule has 1 saturated heterocycles. The first-order valence-electron chi connectivity index (χ1n) is 9.10. The number of aromatic nitrogens is 2. The second-order valence-electron chi connectivity index (χ2n) is 6.93. The van der Waals surface area contributed by atoms with E-state index in [1.54, 1.807) is 6.07 Å². The van der Waals surface area contributed by atoms with Gasteiger partial charge in [0.1, 0.15) is 11.6 Å². The van der Waals surface area contributed by atoms with Gasteiger partial charge in [-0.25, -0.2) is 13.2 Å². The molecule has 0 aliphatic carbocycles. The maximum atomic E-state index is 14.7. The molecule has 0 radical (unpaired) electrons. The summed E-state index contributed by atoms with van der Waals surface area (Å²) in [6.45, 7) is 0.261. The van der Waals surface area contributed by atoms with Crippen LogP contribution < -0.4 is 9.64 Å². The lowest BCUT2D eigenvalue weighted by atomic mass is 9.98. The van der Waals surface area contributed by atoms with Crippen LogP contribution in [0.1, 0.15) is 12.0 Å². The van der Waals surface area contributed by atoms with Gasteiger partial charge in [0, 0.05) is 35.9 Å². The standard InChI is InChI=1S/C21H18F3N3O2/c1-29-16-8-12(7-15(22)9-16)6-13-4-5-27(21(13)28)18-3-2-17(19(23)20(18)24)14-10-25-26-11-14/h2-3,7-11,13H,4-6H2,1H3,(H,25,26). The van der Waals surface area contributed by atoms with Crippen molar-refractivity contribution in [2.75, 3.05) is 18.6 Å². The first-order chi connectivity index (χ1) is 14.0. The number of halogens is 3.